The molecule has 0 spiro atoms. The van der Waals surface area contributed by atoms with Gasteiger partial charge in [0.1, 0.15) is 29.4 Å². The van der Waals surface area contributed by atoms with Crippen LogP contribution >= 0.6 is 11.6 Å². The highest BCUT2D eigenvalue weighted by atomic mass is 35.5. The minimum absolute atomic E-state index is 0.0708. The maximum absolute atomic E-state index is 13.8. The van der Waals surface area contributed by atoms with Crippen LogP contribution in [-0.2, 0) is 0 Å². The molecule has 2 bridgehead atoms. The predicted molar refractivity (Wildman–Crippen MR) is 112 cm³/mol. The normalized spacial score (nSPS) is 27.1. The Bertz CT molecular complexity index is 995. The van der Waals surface area contributed by atoms with Crippen molar-refractivity contribution in [2.24, 2.45) is 0 Å². The van der Waals surface area contributed by atoms with Gasteiger partial charge in [-0.2, -0.15) is 0 Å². The fourth-order valence-electron chi connectivity index (χ4n) is 4.48. The van der Waals surface area contributed by atoms with Gasteiger partial charge in [0.05, 0.1) is 17.8 Å². The SMILES string of the molecule is OC1CN(c2cc(N3CC4CC3CN4)cc(Nc3cc(F)c(Cl)cn3)n2)CCC1(F)F. The lowest BCUT2D eigenvalue weighted by Crippen LogP contribution is -2.51. The molecule has 0 aliphatic carbocycles. The number of nitrogens with one attached hydrogen (secondary N) is 2. The minimum atomic E-state index is -3.11. The molecule has 11 heteroatoms. The molecule has 0 radical (unpaired) electrons. The van der Waals surface area contributed by atoms with Gasteiger partial charge < -0.3 is 25.5 Å². The Hall–Kier alpha value is -2.30. The lowest BCUT2D eigenvalue weighted by atomic mass is 10.0. The van der Waals surface area contributed by atoms with Gasteiger partial charge in [-0.15, -0.1) is 0 Å². The standard InChI is InChI=1S/C20H22ClF3N6O/c21-14-8-26-17(6-15(14)22)27-18-4-12(30-9-11-3-13(30)7-25-11)5-19(28-18)29-2-1-20(23,24)16(31)10-29/h4-6,8,11,13,16,25,31H,1-3,7,9-10H2,(H,26,27,28). The van der Waals surface area contributed by atoms with E-state index in [2.05, 4.69) is 25.5 Å². The lowest BCUT2D eigenvalue weighted by Gasteiger charge is -2.37. The number of rotatable bonds is 4. The Morgan fingerprint density at radius 3 is 2.74 bits per heavy atom. The van der Waals surface area contributed by atoms with Crippen LogP contribution in [0.3, 0.4) is 0 Å². The second-order valence-electron chi connectivity index (χ2n) is 8.30. The van der Waals surface area contributed by atoms with Crippen molar-refractivity contribution in [2.45, 2.75) is 37.0 Å². The monoisotopic (exact) mass is 454 g/mol. The first kappa shape index (κ1) is 20.6. The average Bonchev–Trinajstić information content (AvgIpc) is 3.36. The van der Waals surface area contributed by atoms with E-state index in [-0.39, 0.29) is 23.9 Å². The van der Waals surface area contributed by atoms with Crippen molar-refractivity contribution in [3.63, 3.8) is 0 Å². The van der Waals surface area contributed by atoms with E-state index in [1.807, 2.05) is 12.1 Å². The summed E-state index contributed by atoms with van der Waals surface area (Å²) in [4.78, 5) is 12.5. The lowest BCUT2D eigenvalue weighted by molar-refractivity contribution is -0.118. The number of β-amino-alcohol motifs (C(OH)–C–C–N with tert-alkyl or cyclic N) is 1. The zero-order valence-electron chi connectivity index (χ0n) is 16.5. The second-order valence-corrected chi connectivity index (χ2v) is 8.70. The zero-order valence-corrected chi connectivity index (χ0v) is 17.3. The van der Waals surface area contributed by atoms with E-state index in [4.69, 9.17) is 11.6 Å². The van der Waals surface area contributed by atoms with Gasteiger partial charge in [0.25, 0.3) is 5.92 Å². The molecule has 31 heavy (non-hydrogen) atoms. The number of aliphatic hydroxyl groups is 1. The van der Waals surface area contributed by atoms with Gasteiger partial charge in [-0.25, -0.2) is 23.1 Å². The number of pyridine rings is 2. The molecule has 7 nitrogen and oxygen atoms in total. The smallest absolute Gasteiger partial charge is 0.276 e. The van der Waals surface area contributed by atoms with Crippen LogP contribution < -0.4 is 20.4 Å². The fourth-order valence-corrected chi connectivity index (χ4v) is 4.58. The third-order valence-corrected chi connectivity index (χ3v) is 6.45. The molecule has 3 fully saturated rings. The molecule has 3 aliphatic heterocycles. The second kappa shape index (κ2) is 7.68. The molecule has 0 saturated carbocycles. The van der Waals surface area contributed by atoms with Gasteiger partial charge in [0, 0.05) is 62.0 Å². The molecule has 3 aliphatic rings. The van der Waals surface area contributed by atoms with Crippen molar-refractivity contribution in [3.8, 4) is 0 Å². The zero-order chi connectivity index (χ0) is 21.8. The third kappa shape index (κ3) is 3.99. The molecule has 5 heterocycles. The number of anilines is 4. The van der Waals surface area contributed by atoms with Crippen LogP contribution in [0.2, 0.25) is 5.02 Å². The van der Waals surface area contributed by atoms with Gasteiger partial charge in [0.2, 0.25) is 0 Å². The summed E-state index contributed by atoms with van der Waals surface area (Å²) in [5, 5.41) is 16.2. The summed E-state index contributed by atoms with van der Waals surface area (Å²) in [5.74, 6) is -2.61. The quantitative estimate of drug-likeness (QED) is 0.655. The summed E-state index contributed by atoms with van der Waals surface area (Å²) >= 11 is 5.71. The first-order chi connectivity index (χ1) is 14.8. The Kier molecular flexibility index (Phi) is 5.10. The van der Waals surface area contributed by atoms with E-state index >= 15 is 0 Å². The van der Waals surface area contributed by atoms with Crippen LogP contribution in [0, 0.1) is 5.82 Å². The third-order valence-electron chi connectivity index (χ3n) is 6.17. The fraction of sp³-hybridized carbons (Fsp3) is 0.500. The summed E-state index contributed by atoms with van der Waals surface area (Å²) < 4.78 is 41.4. The highest BCUT2D eigenvalue weighted by Gasteiger charge is 2.44. The number of piperidine rings is 1. The van der Waals surface area contributed by atoms with Crippen LogP contribution in [0.4, 0.5) is 36.3 Å². The summed E-state index contributed by atoms with van der Waals surface area (Å²) in [6.07, 6.45) is 0.0320. The van der Waals surface area contributed by atoms with Crippen LogP contribution in [-0.4, -0.2) is 65.4 Å². The van der Waals surface area contributed by atoms with E-state index < -0.39 is 24.3 Å². The van der Waals surface area contributed by atoms with E-state index in [1.165, 1.54) is 12.3 Å². The Labute approximate surface area is 182 Å². The number of hydrogen-bond donors (Lipinski definition) is 3. The van der Waals surface area contributed by atoms with Gasteiger partial charge in [-0.1, -0.05) is 11.6 Å². The molecule has 3 saturated heterocycles. The molecule has 3 unspecified atom stereocenters. The highest BCUT2D eigenvalue weighted by molar-refractivity contribution is 6.30. The number of halogens is 4. The van der Waals surface area contributed by atoms with E-state index in [0.29, 0.717) is 23.7 Å². The molecule has 3 N–H and O–H groups in total. The molecular weight excluding hydrogens is 433 g/mol. The molecule has 0 amide bonds. The first-order valence-electron chi connectivity index (χ1n) is 10.2. The first-order valence-corrected chi connectivity index (χ1v) is 10.6. The average molecular weight is 455 g/mol. The molecule has 166 valence electrons. The maximum Gasteiger partial charge on any atom is 0.276 e. The van der Waals surface area contributed by atoms with Crippen molar-refractivity contribution in [1.29, 1.82) is 0 Å². The van der Waals surface area contributed by atoms with Crippen LogP contribution in [0.1, 0.15) is 12.8 Å². The molecular formula is C20H22ClF3N6O. The van der Waals surface area contributed by atoms with Crippen molar-refractivity contribution in [2.75, 3.05) is 41.3 Å². The number of hydrogen-bond acceptors (Lipinski definition) is 7. The number of aromatic nitrogens is 2. The van der Waals surface area contributed by atoms with Gasteiger partial charge in [-0.05, 0) is 6.42 Å². The summed E-state index contributed by atoms with van der Waals surface area (Å²) in [5.41, 5.74) is 0.891. The van der Waals surface area contributed by atoms with Crippen molar-refractivity contribution < 1.29 is 18.3 Å². The largest absolute Gasteiger partial charge is 0.385 e. The maximum atomic E-state index is 13.8. The predicted octanol–water partition coefficient (Wildman–Crippen LogP) is 2.77. The molecule has 0 aromatic carbocycles. The van der Waals surface area contributed by atoms with E-state index in [1.54, 1.807) is 4.90 Å². The van der Waals surface area contributed by atoms with Crippen LogP contribution in [0.15, 0.2) is 24.4 Å². The molecule has 2 aromatic heterocycles. The Morgan fingerprint density at radius 1 is 1.23 bits per heavy atom. The van der Waals surface area contributed by atoms with Gasteiger partial charge in [0.15, 0.2) is 0 Å². The Balaban J connectivity index is 1.47. The molecule has 2 aromatic rings. The summed E-state index contributed by atoms with van der Waals surface area (Å²) in [6, 6.07) is 5.63. The topological polar surface area (TPSA) is 76.6 Å². The summed E-state index contributed by atoms with van der Waals surface area (Å²) in [6.45, 7) is 1.57. The van der Waals surface area contributed by atoms with Crippen molar-refractivity contribution >= 4 is 34.7 Å². The molecule has 5 rings (SSSR count). The minimum Gasteiger partial charge on any atom is -0.385 e. The van der Waals surface area contributed by atoms with E-state index in [0.717, 1.165) is 25.2 Å². The number of alkyl halides is 2. The van der Waals surface area contributed by atoms with E-state index in [9.17, 15) is 18.3 Å². The van der Waals surface area contributed by atoms with Crippen molar-refractivity contribution in [3.05, 3.63) is 35.2 Å². The molecule has 3 atom stereocenters. The summed E-state index contributed by atoms with van der Waals surface area (Å²) in [7, 11) is 0. The van der Waals surface area contributed by atoms with Crippen LogP contribution in [0.25, 0.3) is 0 Å². The number of fused-ring (bicyclic) bond motifs is 2. The van der Waals surface area contributed by atoms with Crippen LogP contribution in [0.5, 0.6) is 0 Å². The van der Waals surface area contributed by atoms with Gasteiger partial charge in [-0.3, -0.25) is 0 Å². The Morgan fingerprint density at radius 2 is 2.06 bits per heavy atom. The van der Waals surface area contributed by atoms with Crippen molar-refractivity contribution in [1.82, 2.24) is 15.3 Å². The number of aliphatic hydroxyl groups excluding tert-OH is 1. The number of piperazine rings is 1. The number of nitrogens with zero attached hydrogens (tertiary/aromatic N) is 4. The van der Waals surface area contributed by atoms with Gasteiger partial charge >= 0.3 is 0 Å². The highest BCUT2D eigenvalue weighted by Crippen LogP contribution is 2.36.